The lowest BCUT2D eigenvalue weighted by atomic mass is 10.1. The second-order valence-corrected chi connectivity index (χ2v) is 3.67. The van der Waals surface area contributed by atoms with Gasteiger partial charge < -0.3 is 0 Å². The van der Waals surface area contributed by atoms with Crippen LogP contribution in [0, 0.1) is 5.82 Å². The van der Waals surface area contributed by atoms with E-state index in [1.165, 1.54) is 12.1 Å². The van der Waals surface area contributed by atoms with Crippen LogP contribution in [0.15, 0.2) is 30.7 Å². The van der Waals surface area contributed by atoms with E-state index in [4.69, 9.17) is 0 Å². The highest BCUT2D eigenvalue weighted by Gasteiger charge is 2.09. The predicted molar refractivity (Wildman–Crippen MR) is 60.1 cm³/mol. The van der Waals surface area contributed by atoms with E-state index in [9.17, 15) is 9.18 Å². The van der Waals surface area contributed by atoms with Gasteiger partial charge >= 0.3 is 0 Å². The number of carbonyl (C=O) groups is 1. The molecule has 0 spiro atoms. The van der Waals surface area contributed by atoms with E-state index in [1.807, 2.05) is 13.1 Å². The molecule has 0 fully saturated rings. The van der Waals surface area contributed by atoms with Crippen LogP contribution in [-0.4, -0.2) is 20.5 Å². The molecule has 0 aliphatic rings. The molecule has 0 unspecified atom stereocenters. The summed E-state index contributed by atoms with van der Waals surface area (Å²) in [5.74, 6) is -0.582. The molecule has 0 atom stereocenters. The first-order valence-electron chi connectivity index (χ1n) is 5.35. The molecule has 0 radical (unpaired) electrons. The van der Waals surface area contributed by atoms with Crippen LogP contribution < -0.4 is 0 Å². The smallest absolute Gasteiger partial charge is 0.185 e. The molecule has 0 aliphatic carbocycles. The van der Waals surface area contributed by atoms with Gasteiger partial charge in [0.25, 0.3) is 0 Å². The SMILES string of the molecule is CCn1cc(CC(=O)c2ccc(F)cn2)cn1. The van der Waals surface area contributed by atoms with Crippen molar-refractivity contribution in [1.82, 2.24) is 14.8 Å². The Bertz CT molecular complexity index is 519. The molecule has 0 aliphatic heterocycles. The lowest BCUT2D eigenvalue weighted by Gasteiger charge is -1.97. The Labute approximate surface area is 98.1 Å². The van der Waals surface area contributed by atoms with Crippen LogP contribution in [0.1, 0.15) is 23.0 Å². The van der Waals surface area contributed by atoms with Crippen molar-refractivity contribution >= 4 is 5.78 Å². The van der Waals surface area contributed by atoms with Gasteiger partial charge in [-0.3, -0.25) is 14.5 Å². The molecule has 0 aromatic carbocycles. The standard InChI is InChI=1S/C12H12FN3O/c1-2-16-8-9(6-15-16)5-12(17)11-4-3-10(13)7-14-11/h3-4,6-8H,2,5H2,1H3. The molecule has 4 nitrogen and oxygen atoms in total. The number of nitrogens with zero attached hydrogens (tertiary/aromatic N) is 3. The number of hydrogen-bond acceptors (Lipinski definition) is 3. The van der Waals surface area contributed by atoms with Crippen molar-refractivity contribution in [3.05, 3.63) is 47.8 Å². The summed E-state index contributed by atoms with van der Waals surface area (Å²) < 4.78 is 14.4. The number of aromatic nitrogens is 3. The van der Waals surface area contributed by atoms with Crippen LogP contribution in [0.3, 0.4) is 0 Å². The molecule has 0 N–H and O–H groups in total. The van der Waals surface area contributed by atoms with Gasteiger partial charge in [-0.05, 0) is 24.6 Å². The molecule has 5 heteroatoms. The number of Topliss-reactive ketones (excluding diaryl/α,β-unsaturated/α-hetero) is 1. The average molecular weight is 233 g/mol. The number of ketones is 1. The third-order valence-electron chi connectivity index (χ3n) is 2.39. The highest BCUT2D eigenvalue weighted by atomic mass is 19.1. The normalized spacial score (nSPS) is 10.5. The molecular formula is C12H12FN3O. The lowest BCUT2D eigenvalue weighted by Crippen LogP contribution is -2.05. The van der Waals surface area contributed by atoms with E-state index in [-0.39, 0.29) is 17.9 Å². The molecule has 2 heterocycles. The maximum absolute atomic E-state index is 12.6. The monoisotopic (exact) mass is 233 g/mol. The second-order valence-electron chi connectivity index (χ2n) is 3.67. The van der Waals surface area contributed by atoms with E-state index in [1.54, 1.807) is 10.9 Å². The first-order chi connectivity index (χ1) is 8.19. The summed E-state index contributed by atoms with van der Waals surface area (Å²) in [6.45, 7) is 2.74. The van der Waals surface area contributed by atoms with E-state index in [0.29, 0.717) is 0 Å². The van der Waals surface area contributed by atoms with Gasteiger partial charge in [0.2, 0.25) is 0 Å². The van der Waals surface area contributed by atoms with Crippen molar-refractivity contribution in [3.8, 4) is 0 Å². The van der Waals surface area contributed by atoms with Crippen LogP contribution in [0.2, 0.25) is 0 Å². The molecule has 2 rings (SSSR count). The van der Waals surface area contributed by atoms with Crippen LogP contribution in [0.25, 0.3) is 0 Å². The Morgan fingerprint density at radius 3 is 2.82 bits per heavy atom. The zero-order chi connectivity index (χ0) is 12.3. The largest absolute Gasteiger partial charge is 0.292 e. The minimum absolute atomic E-state index is 0.138. The van der Waals surface area contributed by atoms with Crippen molar-refractivity contribution in [2.45, 2.75) is 19.9 Å². The van der Waals surface area contributed by atoms with Gasteiger partial charge in [-0.1, -0.05) is 0 Å². The Kier molecular flexibility index (Phi) is 3.27. The van der Waals surface area contributed by atoms with Crippen LogP contribution in [0.4, 0.5) is 4.39 Å². The Hall–Kier alpha value is -2.04. The number of hydrogen-bond donors (Lipinski definition) is 0. The maximum Gasteiger partial charge on any atom is 0.185 e. The Morgan fingerprint density at radius 1 is 1.41 bits per heavy atom. The topological polar surface area (TPSA) is 47.8 Å². The molecule has 0 saturated heterocycles. The fraction of sp³-hybridized carbons (Fsp3) is 0.250. The number of halogens is 1. The predicted octanol–water partition coefficient (Wildman–Crippen LogP) is 1.86. The van der Waals surface area contributed by atoms with Crippen molar-refractivity contribution in [3.63, 3.8) is 0 Å². The number of pyridine rings is 1. The number of rotatable bonds is 4. The number of carbonyl (C=O) groups excluding carboxylic acids is 1. The quantitative estimate of drug-likeness (QED) is 0.757. The molecule has 17 heavy (non-hydrogen) atoms. The summed E-state index contributed by atoms with van der Waals surface area (Å²) in [5, 5.41) is 4.08. The molecule has 2 aromatic rings. The summed E-state index contributed by atoms with van der Waals surface area (Å²) >= 11 is 0. The first kappa shape index (κ1) is 11.4. The van der Waals surface area contributed by atoms with Crippen molar-refractivity contribution in [1.29, 1.82) is 0 Å². The van der Waals surface area contributed by atoms with Crippen molar-refractivity contribution in [2.75, 3.05) is 0 Å². The highest BCUT2D eigenvalue weighted by molar-refractivity contribution is 5.95. The van der Waals surface area contributed by atoms with E-state index >= 15 is 0 Å². The molecule has 88 valence electrons. The minimum atomic E-state index is -0.444. The zero-order valence-electron chi connectivity index (χ0n) is 9.43. The molecular weight excluding hydrogens is 221 g/mol. The third kappa shape index (κ3) is 2.75. The van der Waals surface area contributed by atoms with Gasteiger partial charge in [-0.25, -0.2) is 4.39 Å². The van der Waals surface area contributed by atoms with Gasteiger partial charge in [0.1, 0.15) is 11.5 Å². The van der Waals surface area contributed by atoms with Gasteiger partial charge in [-0.2, -0.15) is 5.10 Å². The third-order valence-corrected chi connectivity index (χ3v) is 2.39. The van der Waals surface area contributed by atoms with E-state index < -0.39 is 5.82 Å². The van der Waals surface area contributed by atoms with Gasteiger partial charge in [0, 0.05) is 19.2 Å². The fourth-order valence-electron chi connectivity index (χ4n) is 1.49. The van der Waals surface area contributed by atoms with Gasteiger partial charge in [0.05, 0.1) is 12.4 Å². The Balaban J connectivity index is 2.08. The zero-order valence-corrected chi connectivity index (χ0v) is 9.43. The lowest BCUT2D eigenvalue weighted by molar-refractivity contribution is 0.0988. The van der Waals surface area contributed by atoms with Crippen LogP contribution in [0.5, 0.6) is 0 Å². The Morgan fingerprint density at radius 2 is 2.24 bits per heavy atom. The molecule has 2 aromatic heterocycles. The van der Waals surface area contributed by atoms with Crippen molar-refractivity contribution < 1.29 is 9.18 Å². The van der Waals surface area contributed by atoms with E-state index in [0.717, 1.165) is 18.3 Å². The molecule has 0 saturated carbocycles. The highest BCUT2D eigenvalue weighted by Crippen LogP contribution is 2.06. The van der Waals surface area contributed by atoms with Gasteiger partial charge in [-0.15, -0.1) is 0 Å². The second kappa shape index (κ2) is 4.86. The fourth-order valence-corrected chi connectivity index (χ4v) is 1.49. The summed E-state index contributed by atoms with van der Waals surface area (Å²) in [7, 11) is 0. The maximum atomic E-state index is 12.6. The number of aryl methyl sites for hydroxylation is 1. The minimum Gasteiger partial charge on any atom is -0.292 e. The van der Waals surface area contributed by atoms with Gasteiger partial charge in [0.15, 0.2) is 5.78 Å². The summed E-state index contributed by atoms with van der Waals surface area (Å²) in [4.78, 5) is 15.6. The summed E-state index contributed by atoms with van der Waals surface area (Å²) in [6.07, 6.45) is 4.76. The molecule has 0 bridgehead atoms. The summed E-state index contributed by atoms with van der Waals surface area (Å²) in [5.41, 5.74) is 1.11. The first-order valence-corrected chi connectivity index (χ1v) is 5.35. The summed E-state index contributed by atoms with van der Waals surface area (Å²) in [6, 6.07) is 2.62. The van der Waals surface area contributed by atoms with E-state index in [2.05, 4.69) is 10.1 Å². The van der Waals surface area contributed by atoms with Crippen LogP contribution in [-0.2, 0) is 13.0 Å². The van der Waals surface area contributed by atoms with Crippen LogP contribution >= 0.6 is 0 Å². The average Bonchev–Trinajstić information content (AvgIpc) is 2.77. The van der Waals surface area contributed by atoms with Crippen molar-refractivity contribution in [2.24, 2.45) is 0 Å². The molecule has 0 amide bonds.